The van der Waals surface area contributed by atoms with Gasteiger partial charge in [-0.15, -0.1) is 18.3 Å². The predicted octanol–water partition coefficient (Wildman–Crippen LogP) is 2.97. The van der Waals surface area contributed by atoms with Gasteiger partial charge in [0.1, 0.15) is 0 Å². The number of thioether (sulfide) groups is 1. The third-order valence-electron chi connectivity index (χ3n) is 0.837. The van der Waals surface area contributed by atoms with Gasteiger partial charge in [-0.1, -0.05) is 27.7 Å². The Kier molecular flexibility index (Phi) is 3.23. The Morgan fingerprint density at radius 3 is 3.12 bits per heavy atom. The number of hydrogen-bond acceptors (Lipinski definition) is 3. The monoisotopic (exact) mass is 164 g/mol. The van der Waals surface area contributed by atoms with E-state index in [1.807, 2.05) is 39.4 Å². The number of allylic oxidation sites excluding steroid dienone is 1. The lowest BCUT2D eigenvalue weighted by Gasteiger charge is -1.98. The minimum absolute atomic E-state index is 0.789. The van der Waals surface area contributed by atoms with Crippen molar-refractivity contribution in [2.24, 2.45) is 0 Å². The van der Waals surface area contributed by atoms with E-state index in [4.69, 9.17) is 0 Å². The summed E-state index contributed by atoms with van der Waals surface area (Å²) in [5.41, 5.74) is 0. The minimum atomic E-state index is 0.789. The highest BCUT2D eigenvalue weighted by Crippen LogP contribution is 2.46. The second kappa shape index (κ2) is 3.75. The zero-order chi connectivity index (χ0) is 5.82. The van der Waals surface area contributed by atoms with E-state index < -0.39 is 0 Å². The molecule has 1 atom stereocenters. The van der Waals surface area contributed by atoms with Gasteiger partial charge in [0.2, 0.25) is 0 Å². The van der Waals surface area contributed by atoms with Gasteiger partial charge in [0.05, 0.1) is 9.67 Å². The molecule has 0 amide bonds. The summed E-state index contributed by atoms with van der Waals surface area (Å²) in [6, 6.07) is 0. The predicted molar refractivity (Wildman–Crippen MR) is 46.2 cm³/mol. The SMILES string of the molecule is C=CCC1SCSS1. The standard InChI is InChI=1S/C5H8S3/c1-2-3-5-6-4-7-8-5/h2,5H,1,3-4H2. The van der Waals surface area contributed by atoms with E-state index in [1.54, 1.807) is 0 Å². The molecule has 0 radical (unpaired) electrons. The van der Waals surface area contributed by atoms with E-state index in [0.29, 0.717) is 0 Å². The van der Waals surface area contributed by atoms with Gasteiger partial charge in [0, 0.05) is 0 Å². The van der Waals surface area contributed by atoms with Gasteiger partial charge in [0.15, 0.2) is 0 Å². The molecule has 0 bridgehead atoms. The van der Waals surface area contributed by atoms with Crippen LogP contribution in [0.25, 0.3) is 0 Å². The van der Waals surface area contributed by atoms with Crippen LogP contribution in [0.4, 0.5) is 0 Å². The molecule has 1 saturated heterocycles. The van der Waals surface area contributed by atoms with Gasteiger partial charge in [0.25, 0.3) is 0 Å². The van der Waals surface area contributed by atoms with Crippen molar-refractivity contribution in [1.29, 1.82) is 0 Å². The molecule has 0 spiro atoms. The molecule has 46 valence electrons. The third kappa shape index (κ3) is 1.96. The van der Waals surface area contributed by atoms with Crippen molar-refractivity contribution >= 4 is 33.3 Å². The lowest BCUT2D eigenvalue weighted by atomic mass is 10.5. The van der Waals surface area contributed by atoms with Gasteiger partial charge in [-0.3, -0.25) is 0 Å². The van der Waals surface area contributed by atoms with E-state index >= 15 is 0 Å². The molecule has 8 heavy (non-hydrogen) atoms. The van der Waals surface area contributed by atoms with Gasteiger partial charge in [-0.2, -0.15) is 0 Å². The van der Waals surface area contributed by atoms with Gasteiger partial charge in [-0.05, 0) is 6.42 Å². The average Bonchev–Trinajstić information content (AvgIpc) is 2.19. The summed E-state index contributed by atoms with van der Waals surface area (Å²) in [7, 11) is 3.93. The van der Waals surface area contributed by atoms with Crippen LogP contribution in [0.15, 0.2) is 12.7 Å². The lowest BCUT2D eigenvalue weighted by molar-refractivity contribution is 1.20. The van der Waals surface area contributed by atoms with Crippen LogP contribution >= 0.6 is 33.3 Å². The quantitative estimate of drug-likeness (QED) is 0.455. The van der Waals surface area contributed by atoms with Crippen molar-refractivity contribution in [2.75, 3.05) is 5.08 Å². The van der Waals surface area contributed by atoms with Crippen LogP contribution in [0.2, 0.25) is 0 Å². The summed E-state index contributed by atoms with van der Waals surface area (Å²) in [5.74, 6) is 0. The molecular weight excluding hydrogens is 156 g/mol. The Bertz CT molecular complexity index is 75.7. The molecule has 0 N–H and O–H groups in total. The minimum Gasteiger partial charge on any atom is -0.135 e. The first-order valence-electron chi connectivity index (χ1n) is 2.44. The molecule has 0 aromatic rings. The normalized spacial score (nSPS) is 28.2. The van der Waals surface area contributed by atoms with Crippen LogP contribution < -0.4 is 0 Å². The Hall–Kier alpha value is 0.790. The molecule has 0 nitrogen and oxygen atoms in total. The first kappa shape index (κ1) is 6.90. The van der Waals surface area contributed by atoms with Crippen molar-refractivity contribution in [3.8, 4) is 0 Å². The second-order valence-corrected chi connectivity index (χ2v) is 5.88. The molecule has 0 aromatic heterocycles. The Morgan fingerprint density at radius 2 is 2.62 bits per heavy atom. The molecule has 1 aliphatic heterocycles. The van der Waals surface area contributed by atoms with Crippen molar-refractivity contribution in [3.05, 3.63) is 12.7 Å². The topological polar surface area (TPSA) is 0 Å². The maximum Gasteiger partial charge on any atom is 0.0649 e. The van der Waals surface area contributed by atoms with Crippen LogP contribution in [-0.4, -0.2) is 9.67 Å². The van der Waals surface area contributed by atoms with E-state index in [2.05, 4.69) is 6.58 Å². The summed E-state index contributed by atoms with van der Waals surface area (Å²) in [5, 5.41) is 1.25. The molecule has 1 fully saturated rings. The van der Waals surface area contributed by atoms with Crippen LogP contribution in [-0.2, 0) is 0 Å². The zero-order valence-corrected chi connectivity index (χ0v) is 6.95. The summed E-state index contributed by atoms with van der Waals surface area (Å²) < 4.78 is 0.789. The highest BCUT2D eigenvalue weighted by Gasteiger charge is 2.14. The molecule has 1 unspecified atom stereocenters. The van der Waals surface area contributed by atoms with Crippen LogP contribution in [0.3, 0.4) is 0 Å². The van der Waals surface area contributed by atoms with Crippen molar-refractivity contribution < 1.29 is 0 Å². The van der Waals surface area contributed by atoms with Crippen molar-refractivity contribution in [1.82, 2.24) is 0 Å². The Labute approximate surface area is 62.3 Å². The molecule has 3 heteroatoms. The highest BCUT2D eigenvalue weighted by atomic mass is 33.1. The molecule has 1 aliphatic rings. The van der Waals surface area contributed by atoms with Crippen LogP contribution in [0.1, 0.15) is 6.42 Å². The number of hydrogen-bond donors (Lipinski definition) is 0. The average molecular weight is 164 g/mol. The second-order valence-electron chi connectivity index (χ2n) is 1.45. The first-order chi connectivity index (χ1) is 3.93. The zero-order valence-electron chi connectivity index (χ0n) is 4.50. The molecular formula is C5H8S3. The Balaban J connectivity index is 2.14. The summed E-state index contributed by atoms with van der Waals surface area (Å²) >= 11 is 2.02. The smallest absolute Gasteiger partial charge is 0.0649 e. The van der Waals surface area contributed by atoms with Crippen molar-refractivity contribution in [3.63, 3.8) is 0 Å². The van der Waals surface area contributed by atoms with E-state index in [1.165, 1.54) is 5.08 Å². The maximum absolute atomic E-state index is 3.69. The fraction of sp³-hybridized carbons (Fsp3) is 0.600. The van der Waals surface area contributed by atoms with Gasteiger partial charge < -0.3 is 0 Å². The highest BCUT2D eigenvalue weighted by molar-refractivity contribution is 8.82. The van der Waals surface area contributed by atoms with E-state index in [0.717, 1.165) is 11.0 Å². The maximum atomic E-state index is 3.69. The van der Waals surface area contributed by atoms with E-state index in [-0.39, 0.29) is 0 Å². The first-order valence-corrected chi connectivity index (χ1v) is 5.87. The van der Waals surface area contributed by atoms with Gasteiger partial charge >= 0.3 is 0 Å². The molecule has 1 rings (SSSR count). The lowest BCUT2D eigenvalue weighted by Crippen LogP contribution is -1.84. The summed E-state index contributed by atoms with van der Waals surface area (Å²) in [6.07, 6.45) is 3.15. The van der Waals surface area contributed by atoms with Crippen LogP contribution in [0.5, 0.6) is 0 Å². The number of rotatable bonds is 2. The van der Waals surface area contributed by atoms with Crippen LogP contribution in [0, 0.1) is 0 Å². The van der Waals surface area contributed by atoms with Crippen molar-refractivity contribution in [2.45, 2.75) is 11.0 Å². The third-order valence-corrected chi connectivity index (χ3v) is 5.91. The summed E-state index contributed by atoms with van der Waals surface area (Å²) in [4.78, 5) is 0. The molecule has 0 aliphatic carbocycles. The fourth-order valence-corrected chi connectivity index (χ4v) is 5.58. The Morgan fingerprint density at radius 1 is 1.75 bits per heavy atom. The molecule has 0 saturated carbocycles. The summed E-state index contributed by atoms with van der Waals surface area (Å²) in [6.45, 7) is 3.69. The molecule has 1 heterocycles. The fourth-order valence-electron chi connectivity index (χ4n) is 0.479. The van der Waals surface area contributed by atoms with Gasteiger partial charge in [-0.25, -0.2) is 0 Å². The molecule has 0 aromatic carbocycles. The van der Waals surface area contributed by atoms with E-state index in [9.17, 15) is 0 Å². The largest absolute Gasteiger partial charge is 0.135 e.